The number of ether oxygens (including phenoxy) is 1. The highest BCUT2D eigenvalue weighted by Gasteiger charge is 2.18. The second kappa shape index (κ2) is 7.34. The van der Waals surface area contributed by atoms with E-state index < -0.39 is 0 Å². The Morgan fingerprint density at radius 3 is 2.50 bits per heavy atom. The Balaban J connectivity index is 1.67. The SMILES string of the molecule is COc1ccc(C(=O)NCCC(=O)N2CCCC2)c2ccccc12. The lowest BCUT2D eigenvalue weighted by Gasteiger charge is -2.15. The van der Waals surface area contributed by atoms with Gasteiger partial charge in [0.05, 0.1) is 7.11 Å². The second-order valence-electron chi connectivity index (χ2n) is 5.95. The number of nitrogens with zero attached hydrogens (tertiary/aromatic N) is 1. The van der Waals surface area contributed by atoms with Crippen molar-refractivity contribution in [1.82, 2.24) is 10.2 Å². The summed E-state index contributed by atoms with van der Waals surface area (Å²) in [7, 11) is 1.62. The molecule has 0 aromatic heterocycles. The van der Waals surface area contributed by atoms with Gasteiger partial charge in [-0.1, -0.05) is 24.3 Å². The van der Waals surface area contributed by atoms with E-state index in [-0.39, 0.29) is 11.8 Å². The lowest BCUT2D eigenvalue weighted by atomic mass is 10.0. The van der Waals surface area contributed by atoms with Crippen molar-refractivity contribution in [2.45, 2.75) is 19.3 Å². The number of carbonyl (C=O) groups excluding carboxylic acids is 2. The summed E-state index contributed by atoms with van der Waals surface area (Å²) in [5.74, 6) is 0.696. The van der Waals surface area contributed by atoms with Crippen LogP contribution in [0.2, 0.25) is 0 Å². The predicted octanol–water partition coefficient (Wildman–Crippen LogP) is 2.59. The van der Waals surface area contributed by atoms with Crippen molar-refractivity contribution >= 4 is 22.6 Å². The average molecular weight is 326 g/mol. The molecule has 5 nitrogen and oxygen atoms in total. The van der Waals surface area contributed by atoms with E-state index in [0.29, 0.717) is 18.5 Å². The summed E-state index contributed by atoms with van der Waals surface area (Å²) in [5.41, 5.74) is 0.597. The van der Waals surface area contributed by atoms with E-state index in [9.17, 15) is 9.59 Å². The molecule has 1 aliphatic heterocycles. The van der Waals surface area contributed by atoms with Crippen LogP contribution in [0, 0.1) is 0 Å². The third-order valence-corrected chi connectivity index (χ3v) is 4.43. The molecule has 2 aromatic carbocycles. The molecule has 0 spiro atoms. The molecule has 1 heterocycles. The molecule has 0 radical (unpaired) electrons. The number of nitrogens with one attached hydrogen (secondary N) is 1. The van der Waals surface area contributed by atoms with Gasteiger partial charge in [0.25, 0.3) is 5.91 Å². The highest BCUT2D eigenvalue weighted by atomic mass is 16.5. The van der Waals surface area contributed by atoms with Crippen molar-refractivity contribution in [2.24, 2.45) is 0 Å². The Bertz CT molecular complexity index is 751. The van der Waals surface area contributed by atoms with Crippen LogP contribution in [-0.4, -0.2) is 43.5 Å². The normalized spacial score (nSPS) is 14.0. The summed E-state index contributed by atoms with van der Waals surface area (Å²) in [6, 6.07) is 11.2. The number of benzene rings is 2. The first-order valence-electron chi connectivity index (χ1n) is 8.32. The Kier molecular flexibility index (Phi) is 4.99. The predicted molar refractivity (Wildman–Crippen MR) is 93.3 cm³/mol. The molecule has 3 rings (SSSR count). The average Bonchev–Trinajstić information content (AvgIpc) is 3.15. The third kappa shape index (κ3) is 3.35. The minimum Gasteiger partial charge on any atom is -0.496 e. The zero-order valence-electron chi connectivity index (χ0n) is 13.9. The fourth-order valence-electron chi connectivity index (χ4n) is 3.15. The van der Waals surface area contributed by atoms with Gasteiger partial charge in [0.2, 0.25) is 5.91 Å². The van der Waals surface area contributed by atoms with Crippen molar-refractivity contribution in [3.63, 3.8) is 0 Å². The highest BCUT2D eigenvalue weighted by molar-refractivity contribution is 6.08. The van der Waals surface area contributed by atoms with Gasteiger partial charge in [0.1, 0.15) is 5.75 Å². The summed E-state index contributed by atoms with van der Waals surface area (Å²) in [5, 5.41) is 4.61. The maximum absolute atomic E-state index is 12.5. The van der Waals surface area contributed by atoms with Gasteiger partial charge < -0.3 is 15.0 Å². The first-order chi connectivity index (χ1) is 11.7. The zero-order chi connectivity index (χ0) is 16.9. The standard InChI is InChI=1S/C19H22N2O3/c1-24-17-9-8-16(14-6-2-3-7-15(14)17)19(23)20-11-10-18(22)21-12-4-5-13-21/h2-3,6-9H,4-5,10-13H2,1H3,(H,20,23). The topological polar surface area (TPSA) is 58.6 Å². The molecule has 1 fully saturated rings. The fraction of sp³-hybridized carbons (Fsp3) is 0.368. The van der Waals surface area contributed by atoms with Gasteiger partial charge in [0.15, 0.2) is 0 Å². The van der Waals surface area contributed by atoms with Crippen LogP contribution in [0.25, 0.3) is 10.8 Å². The van der Waals surface area contributed by atoms with Gasteiger partial charge in [-0.3, -0.25) is 9.59 Å². The molecule has 1 saturated heterocycles. The molecule has 0 aliphatic carbocycles. The van der Waals surface area contributed by atoms with Crippen LogP contribution in [-0.2, 0) is 4.79 Å². The third-order valence-electron chi connectivity index (χ3n) is 4.43. The quantitative estimate of drug-likeness (QED) is 0.919. The fourth-order valence-corrected chi connectivity index (χ4v) is 3.15. The summed E-state index contributed by atoms with van der Waals surface area (Å²) < 4.78 is 5.35. The van der Waals surface area contributed by atoms with Crippen LogP contribution < -0.4 is 10.1 Å². The lowest BCUT2D eigenvalue weighted by molar-refractivity contribution is -0.129. The van der Waals surface area contributed by atoms with E-state index >= 15 is 0 Å². The summed E-state index contributed by atoms with van der Waals surface area (Å²) in [6.07, 6.45) is 2.51. The maximum atomic E-state index is 12.5. The molecule has 126 valence electrons. The smallest absolute Gasteiger partial charge is 0.251 e. The first kappa shape index (κ1) is 16.3. The molecule has 5 heteroatoms. The van der Waals surface area contributed by atoms with Crippen LogP contribution in [0.3, 0.4) is 0 Å². The molecule has 0 unspecified atom stereocenters. The van der Waals surface area contributed by atoms with E-state index in [0.717, 1.165) is 42.5 Å². The van der Waals surface area contributed by atoms with E-state index in [1.807, 2.05) is 29.2 Å². The van der Waals surface area contributed by atoms with Gasteiger partial charge in [-0.05, 0) is 30.4 Å². The minimum atomic E-state index is -0.164. The Morgan fingerprint density at radius 2 is 1.79 bits per heavy atom. The van der Waals surface area contributed by atoms with E-state index in [4.69, 9.17) is 4.74 Å². The molecule has 1 aliphatic rings. The van der Waals surface area contributed by atoms with Gasteiger partial charge in [-0.25, -0.2) is 0 Å². The minimum absolute atomic E-state index is 0.118. The molecule has 2 amide bonds. The summed E-state index contributed by atoms with van der Waals surface area (Å²) >= 11 is 0. The van der Waals surface area contributed by atoms with Crippen LogP contribution in [0.5, 0.6) is 5.75 Å². The van der Waals surface area contributed by atoms with Crippen molar-refractivity contribution in [3.8, 4) is 5.75 Å². The monoisotopic (exact) mass is 326 g/mol. The Hall–Kier alpha value is -2.56. The van der Waals surface area contributed by atoms with Crippen LogP contribution in [0.1, 0.15) is 29.6 Å². The number of rotatable bonds is 5. The number of fused-ring (bicyclic) bond motifs is 1. The summed E-state index contributed by atoms with van der Waals surface area (Å²) in [6.45, 7) is 2.04. The van der Waals surface area contributed by atoms with E-state index in [1.165, 1.54) is 0 Å². The lowest BCUT2D eigenvalue weighted by Crippen LogP contribution is -2.32. The highest BCUT2D eigenvalue weighted by Crippen LogP contribution is 2.28. The van der Waals surface area contributed by atoms with Crippen LogP contribution in [0.15, 0.2) is 36.4 Å². The van der Waals surface area contributed by atoms with Crippen molar-refractivity contribution < 1.29 is 14.3 Å². The van der Waals surface area contributed by atoms with Crippen LogP contribution >= 0.6 is 0 Å². The molecule has 1 N–H and O–H groups in total. The number of hydrogen-bond donors (Lipinski definition) is 1. The number of likely N-dealkylation sites (tertiary alicyclic amines) is 1. The van der Waals surface area contributed by atoms with Gasteiger partial charge in [0, 0.05) is 37.0 Å². The summed E-state index contributed by atoms with van der Waals surface area (Å²) in [4.78, 5) is 26.4. The van der Waals surface area contributed by atoms with Crippen molar-refractivity contribution in [3.05, 3.63) is 42.0 Å². The van der Waals surface area contributed by atoms with Gasteiger partial charge >= 0.3 is 0 Å². The Labute approximate surface area is 141 Å². The second-order valence-corrected chi connectivity index (χ2v) is 5.95. The molecule has 0 saturated carbocycles. The molecular formula is C19H22N2O3. The number of carbonyl (C=O) groups is 2. The van der Waals surface area contributed by atoms with Gasteiger partial charge in [-0.2, -0.15) is 0 Å². The molecule has 0 atom stereocenters. The maximum Gasteiger partial charge on any atom is 0.251 e. The first-order valence-corrected chi connectivity index (χ1v) is 8.32. The van der Waals surface area contributed by atoms with E-state index in [2.05, 4.69) is 5.32 Å². The molecular weight excluding hydrogens is 304 g/mol. The van der Waals surface area contributed by atoms with Crippen LogP contribution in [0.4, 0.5) is 0 Å². The number of amides is 2. The largest absolute Gasteiger partial charge is 0.496 e. The molecule has 2 aromatic rings. The zero-order valence-corrected chi connectivity index (χ0v) is 13.9. The Morgan fingerprint density at radius 1 is 1.08 bits per heavy atom. The molecule has 0 bridgehead atoms. The number of hydrogen-bond acceptors (Lipinski definition) is 3. The van der Waals surface area contributed by atoms with Crippen molar-refractivity contribution in [2.75, 3.05) is 26.7 Å². The van der Waals surface area contributed by atoms with Gasteiger partial charge in [-0.15, -0.1) is 0 Å². The van der Waals surface area contributed by atoms with Crippen molar-refractivity contribution in [1.29, 1.82) is 0 Å². The molecule has 24 heavy (non-hydrogen) atoms. The number of methoxy groups -OCH3 is 1. The van der Waals surface area contributed by atoms with E-state index in [1.54, 1.807) is 19.2 Å².